The number of ether oxygens (including phenoxy) is 2. The second-order valence-corrected chi connectivity index (χ2v) is 5.97. The third-order valence-corrected chi connectivity index (χ3v) is 4.23. The van der Waals surface area contributed by atoms with Gasteiger partial charge in [-0.2, -0.15) is 0 Å². The highest BCUT2D eigenvalue weighted by Gasteiger charge is 2.05. The number of hydrogen-bond acceptors (Lipinski definition) is 3. The third kappa shape index (κ3) is 4.19. The van der Waals surface area contributed by atoms with Gasteiger partial charge in [0, 0.05) is 17.7 Å². The van der Waals surface area contributed by atoms with Crippen LogP contribution in [0.5, 0.6) is 5.75 Å². The summed E-state index contributed by atoms with van der Waals surface area (Å²) in [6.07, 6.45) is 3.43. The van der Waals surface area contributed by atoms with Crippen molar-refractivity contribution in [3.05, 3.63) is 83.4 Å². The van der Waals surface area contributed by atoms with E-state index in [-0.39, 0.29) is 5.78 Å². The molecule has 0 heterocycles. The van der Waals surface area contributed by atoms with Gasteiger partial charge in [-0.05, 0) is 47.5 Å². The SMILES string of the molecule is CCOCc1cc(/C=C/C(=O)c2ccc3ccccc3c2)ccc1OC. The van der Waals surface area contributed by atoms with Crippen LogP contribution in [-0.2, 0) is 11.3 Å². The first-order valence-electron chi connectivity index (χ1n) is 8.67. The third-order valence-electron chi connectivity index (χ3n) is 4.23. The van der Waals surface area contributed by atoms with E-state index in [9.17, 15) is 4.79 Å². The molecule has 0 aliphatic heterocycles. The van der Waals surface area contributed by atoms with E-state index in [1.165, 1.54) is 0 Å². The summed E-state index contributed by atoms with van der Waals surface area (Å²) in [7, 11) is 1.64. The van der Waals surface area contributed by atoms with E-state index in [0.717, 1.165) is 27.6 Å². The Labute approximate surface area is 153 Å². The summed E-state index contributed by atoms with van der Waals surface area (Å²) < 4.78 is 10.8. The number of benzene rings is 3. The van der Waals surface area contributed by atoms with Crippen LogP contribution in [-0.4, -0.2) is 19.5 Å². The summed E-state index contributed by atoms with van der Waals surface area (Å²) in [4.78, 5) is 12.5. The monoisotopic (exact) mass is 346 g/mol. The molecule has 132 valence electrons. The van der Waals surface area contributed by atoms with E-state index < -0.39 is 0 Å². The Bertz CT molecular complexity index is 941. The van der Waals surface area contributed by atoms with Crippen LogP contribution in [0.3, 0.4) is 0 Å². The summed E-state index contributed by atoms with van der Waals surface area (Å²) in [6.45, 7) is 3.09. The molecule has 0 saturated carbocycles. The Hall–Kier alpha value is -2.91. The topological polar surface area (TPSA) is 35.5 Å². The summed E-state index contributed by atoms with van der Waals surface area (Å²) in [5, 5.41) is 2.19. The smallest absolute Gasteiger partial charge is 0.185 e. The minimum absolute atomic E-state index is 0.0158. The number of allylic oxidation sites excluding steroid dienone is 1. The van der Waals surface area contributed by atoms with Crippen LogP contribution in [0.2, 0.25) is 0 Å². The lowest BCUT2D eigenvalue weighted by molar-refractivity contribution is 0.104. The molecule has 3 aromatic rings. The molecule has 0 radical (unpaired) electrons. The van der Waals surface area contributed by atoms with E-state index in [4.69, 9.17) is 9.47 Å². The maximum Gasteiger partial charge on any atom is 0.185 e. The number of fused-ring (bicyclic) bond motifs is 1. The molecule has 0 fully saturated rings. The van der Waals surface area contributed by atoms with Crippen molar-refractivity contribution in [1.82, 2.24) is 0 Å². The molecule has 0 saturated heterocycles. The molecule has 3 rings (SSSR count). The Morgan fingerprint density at radius 3 is 2.58 bits per heavy atom. The van der Waals surface area contributed by atoms with Crippen LogP contribution in [0.15, 0.2) is 66.7 Å². The molecule has 0 N–H and O–H groups in total. The standard InChI is InChI=1S/C23H22O3/c1-3-26-16-21-14-17(9-13-23(21)25-2)8-12-22(24)20-11-10-18-6-4-5-7-19(18)15-20/h4-15H,3,16H2,1-2H3/b12-8+. The predicted octanol–water partition coefficient (Wildman–Crippen LogP) is 5.28. The van der Waals surface area contributed by atoms with Crippen LogP contribution in [0, 0.1) is 0 Å². The Kier molecular flexibility index (Phi) is 5.82. The number of methoxy groups -OCH3 is 1. The van der Waals surface area contributed by atoms with Crippen LogP contribution in [0.1, 0.15) is 28.4 Å². The molecule has 3 aromatic carbocycles. The average Bonchev–Trinajstić information content (AvgIpc) is 2.70. The lowest BCUT2D eigenvalue weighted by atomic mass is 10.0. The number of hydrogen-bond donors (Lipinski definition) is 0. The number of carbonyl (C=O) groups excluding carboxylic acids is 1. The van der Waals surface area contributed by atoms with Gasteiger partial charge < -0.3 is 9.47 Å². The molecule has 3 heteroatoms. The minimum Gasteiger partial charge on any atom is -0.496 e. The summed E-state index contributed by atoms with van der Waals surface area (Å²) in [6, 6.07) is 19.6. The van der Waals surface area contributed by atoms with Gasteiger partial charge in [-0.3, -0.25) is 4.79 Å². The van der Waals surface area contributed by atoms with Crippen molar-refractivity contribution in [1.29, 1.82) is 0 Å². The molecule has 26 heavy (non-hydrogen) atoms. The molecular weight excluding hydrogens is 324 g/mol. The Balaban J connectivity index is 1.80. The minimum atomic E-state index is -0.0158. The van der Waals surface area contributed by atoms with Crippen LogP contribution in [0.25, 0.3) is 16.8 Å². The molecular formula is C23H22O3. The lowest BCUT2D eigenvalue weighted by Crippen LogP contribution is -1.97. The maximum atomic E-state index is 12.5. The molecule has 0 aliphatic rings. The van der Waals surface area contributed by atoms with E-state index >= 15 is 0 Å². The first-order chi connectivity index (χ1) is 12.7. The van der Waals surface area contributed by atoms with E-state index in [1.54, 1.807) is 13.2 Å². The van der Waals surface area contributed by atoms with Gasteiger partial charge in [-0.1, -0.05) is 48.5 Å². The first-order valence-corrected chi connectivity index (χ1v) is 8.67. The summed E-state index contributed by atoms with van der Waals surface area (Å²) in [5.74, 6) is 0.773. The zero-order valence-electron chi connectivity index (χ0n) is 15.1. The molecule has 0 bridgehead atoms. The Morgan fingerprint density at radius 2 is 1.81 bits per heavy atom. The van der Waals surface area contributed by atoms with Gasteiger partial charge in [-0.25, -0.2) is 0 Å². The highest BCUT2D eigenvalue weighted by atomic mass is 16.5. The van der Waals surface area contributed by atoms with Crippen molar-refractivity contribution in [2.45, 2.75) is 13.5 Å². The summed E-state index contributed by atoms with van der Waals surface area (Å²) in [5.41, 5.74) is 2.59. The molecule has 0 spiro atoms. The number of ketones is 1. The lowest BCUT2D eigenvalue weighted by Gasteiger charge is -2.09. The van der Waals surface area contributed by atoms with Gasteiger partial charge in [0.15, 0.2) is 5.78 Å². The zero-order chi connectivity index (χ0) is 18.4. The van der Waals surface area contributed by atoms with Crippen molar-refractivity contribution >= 4 is 22.6 Å². The first kappa shape index (κ1) is 17.9. The molecule has 3 nitrogen and oxygen atoms in total. The van der Waals surface area contributed by atoms with Crippen molar-refractivity contribution in [2.24, 2.45) is 0 Å². The van der Waals surface area contributed by atoms with Crippen LogP contribution in [0.4, 0.5) is 0 Å². The molecule has 0 aliphatic carbocycles. The fourth-order valence-electron chi connectivity index (χ4n) is 2.84. The quantitative estimate of drug-likeness (QED) is 0.431. The largest absolute Gasteiger partial charge is 0.496 e. The van der Waals surface area contributed by atoms with E-state index in [1.807, 2.05) is 73.7 Å². The predicted molar refractivity (Wildman–Crippen MR) is 106 cm³/mol. The second-order valence-electron chi connectivity index (χ2n) is 5.97. The zero-order valence-corrected chi connectivity index (χ0v) is 15.1. The average molecular weight is 346 g/mol. The normalized spacial score (nSPS) is 11.2. The van der Waals surface area contributed by atoms with Gasteiger partial charge in [0.1, 0.15) is 5.75 Å². The van der Waals surface area contributed by atoms with Crippen molar-refractivity contribution in [3.8, 4) is 5.75 Å². The molecule has 0 aromatic heterocycles. The fourth-order valence-corrected chi connectivity index (χ4v) is 2.84. The van der Waals surface area contributed by atoms with Gasteiger partial charge in [-0.15, -0.1) is 0 Å². The second kappa shape index (κ2) is 8.45. The number of rotatable bonds is 7. The maximum absolute atomic E-state index is 12.5. The van der Waals surface area contributed by atoms with E-state index in [0.29, 0.717) is 18.8 Å². The molecule has 0 amide bonds. The van der Waals surface area contributed by atoms with Crippen molar-refractivity contribution in [2.75, 3.05) is 13.7 Å². The fraction of sp³-hybridized carbons (Fsp3) is 0.174. The highest BCUT2D eigenvalue weighted by Crippen LogP contribution is 2.22. The van der Waals surface area contributed by atoms with Crippen molar-refractivity contribution in [3.63, 3.8) is 0 Å². The van der Waals surface area contributed by atoms with E-state index in [2.05, 4.69) is 0 Å². The Morgan fingerprint density at radius 1 is 1.00 bits per heavy atom. The molecule has 0 atom stereocenters. The van der Waals surface area contributed by atoms with Gasteiger partial charge in [0.05, 0.1) is 13.7 Å². The van der Waals surface area contributed by atoms with Gasteiger partial charge >= 0.3 is 0 Å². The van der Waals surface area contributed by atoms with Crippen LogP contribution >= 0.6 is 0 Å². The van der Waals surface area contributed by atoms with Crippen LogP contribution < -0.4 is 4.74 Å². The molecule has 0 unspecified atom stereocenters. The van der Waals surface area contributed by atoms with Gasteiger partial charge in [0.25, 0.3) is 0 Å². The highest BCUT2D eigenvalue weighted by molar-refractivity contribution is 6.08. The van der Waals surface area contributed by atoms with Gasteiger partial charge in [0.2, 0.25) is 0 Å². The van der Waals surface area contributed by atoms with Crippen molar-refractivity contribution < 1.29 is 14.3 Å². The summed E-state index contributed by atoms with van der Waals surface area (Å²) >= 11 is 0. The number of carbonyl (C=O) groups is 1.